The summed E-state index contributed by atoms with van der Waals surface area (Å²) >= 11 is 5.40. The molecule has 0 unspecified atom stereocenters. The fourth-order valence-electron chi connectivity index (χ4n) is 3.21. The van der Waals surface area contributed by atoms with Crippen LogP contribution >= 0.6 is 11.6 Å². The van der Waals surface area contributed by atoms with E-state index >= 15 is 0 Å². The summed E-state index contributed by atoms with van der Waals surface area (Å²) < 4.78 is 55.5. The Bertz CT molecular complexity index is 1410. The SMILES string of the molecule is CNc1cc(C#CCN)ccc1C(=N)c1ccc(C(=O)OC)cc1F.O=Cc1c(Cl)cccc1C(F)(F)F. The Morgan fingerprint density at radius 1 is 1.16 bits per heavy atom. The Labute approximate surface area is 221 Å². The van der Waals surface area contributed by atoms with Crippen LogP contribution in [0.4, 0.5) is 23.2 Å². The van der Waals surface area contributed by atoms with Crippen LogP contribution in [0, 0.1) is 23.1 Å². The van der Waals surface area contributed by atoms with Gasteiger partial charge in [0, 0.05) is 35.0 Å². The lowest BCUT2D eigenvalue weighted by Crippen LogP contribution is -2.10. The Hall–Kier alpha value is -4.20. The van der Waals surface area contributed by atoms with Gasteiger partial charge < -0.3 is 15.8 Å². The summed E-state index contributed by atoms with van der Waals surface area (Å²) in [7, 11) is 2.94. The maximum Gasteiger partial charge on any atom is 0.417 e. The van der Waals surface area contributed by atoms with Crippen molar-refractivity contribution in [3.05, 3.63) is 98.8 Å². The van der Waals surface area contributed by atoms with Gasteiger partial charge in [-0.15, -0.1) is 0 Å². The van der Waals surface area contributed by atoms with Crippen molar-refractivity contribution >= 4 is 35.3 Å². The maximum absolute atomic E-state index is 14.4. The van der Waals surface area contributed by atoms with Crippen molar-refractivity contribution in [3.63, 3.8) is 0 Å². The van der Waals surface area contributed by atoms with Crippen LogP contribution in [-0.4, -0.2) is 38.7 Å². The molecule has 0 aliphatic rings. The van der Waals surface area contributed by atoms with E-state index in [0.29, 0.717) is 11.3 Å². The molecule has 0 aromatic heterocycles. The van der Waals surface area contributed by atoms with Gasteiger partial charge in [0.25, 0.3) is 0 Å². The minimum absolute atomic E-state index is 0.00315. The first-order chi connectivity index (χ1) is 18.0. The molecule has 4 N–H and O–H groups in total. The van der Waals surface area contributed by atoms with Crippen LogP contribution in [-0.2, 0) is 10.9 Å². The second-order valence-electron chi connectivity index (χ2n) is 7.39. The molecule has 38 heavy (non-hydrogen) atoms. The maximum atomic E-state index is 14.4. The number of nitrogens with two attached hydrogens (primary N) is 1. The van der Waals surface area contributed by atoms with E-state index in [1.807, 2.05) is 0 Å². The second-order valence-corrected chi connectivity index (χ2v) is 7.80. The number of carbonyl (C=O) groups excluding carboxylic acids is 2. The number of alkyl halides is 3. The summed E-state index contributed by atoms with van der Waals surface area (Å²) in [6, 6.07) is 12.3. The van der Waals surface area contributed by atoms with E-state index in [9.17, 15) is 27.2 Å². The Morgan fingerprint density at radius 3 is 2.37 bits per heavy atom. The molecule has 0 radical (unpaired) electrons. The number of ether oxygens (including phenoxy) is 1. The van der Waals surface area contributed by atoms with Crippen LogP contribution in [0.3, 0.4) is 0 Å². The minimum atomic E-state index is -4.54. The zero-order valence-electron chi connectivity index (χ0n) is 20.2. The van der Waals surface area contributed by atoms with E-state index in [1.54, 1.807) is 25.2 Å². The highest BCUT2D eigenvalue weighted by Gasteiger charge is 2.33. The third-order valence-corrected chi connectivity index (χ3v) is 5.36. The molecule has 3 aromatic carbocycles. The molecule has 0 heterocycles. The molecule has 0 fully saturated rings. The van der Waals surface area contributed by atoms with Gasteiger partial charge in [0.15, 0.2) is 6.29 Å². The monoisotopic (exact) mass is 547 g/mol. The third-order valence-electron chi connectivity index (χ3n) is 5.03. The number of hydrogen-bond donors (Lipinski definition) is 3. The first-order valence-electron chi connectivity index (χ1n) is 10.8. The van der Waals surface area contributed by atoms with Crippen molar-refractivity contribution in [2.45, 2.75) is 6.18 Å². The van der Waals surface area contributed by atoms with Gasteiger partial charge in [0.05, 0.1) is 35.5 Å². The quantitative estimate of drug-likeness (QED) is 0.128. The number of halogens is 5. The Morgan fingerprint density at radius 2 is 1.84 bits per heavy atom. The van der Waals surface area contributed by atoms with Crippen molar-refractivity contribution in [2.75, 3.05) is 26.0 Å². The van der Waals surface area contributed by atoms with E-state index in [1.165, 1.54) is 25.3 Å². The number of benzene rings is 3. The minimum Gasteiger partial charge on any atom is -0.465 e. The fraction of sp³-hybridized carbons (Fsp3) is 0.148. The van der Waals surface area contributed by atoms with Crippen LogP contribution in [0.25, 0.3) is 0 Å². The lowest BCUT2D eigenvalue weighted by atomic mass is 9.97. The third kappa shape index (κ3) is 7.41. The standard InChI is InChI=1S/C19H18FN3O2.C8H4ClF3O/c1-23-17-10-12(4-3-9-21)5-7-15(17)18(22)14-8-6-13(11-16(14)20)19(24)25-2;9-7-3-1-2-6(5(7)4-13)8(10,11)12/h5-8,10-11,22-23H,9,21H2,1-2H3;1-4H. The van der Waals surface area contributed by atoms with E-state index in [4.69, 9.17) is 22.7 Å². The molecule has 0 spiro atoms. The molecule has 0 saturated carbocycles. The molecular weight excluding hydrogens is 526 g/mol. The molecule has 11 heteroatoms. The predicted octanol–water partition coefficient (Wildman–Crippen LogP) is 5.55. The molecule has 3 aromatic rings. The van der Waals surface area contributed by atoms with Gasteiger partial charge in [-0.3, -0.25) is 10.2 Å². The van der Waals surface area contributed by atoms with Gasteiger partial charge in [-0.2, -0.15) is 13.2 Å². The van der Waals surface area contributed by atoms with Crippen LogP contribution in [0.15, 0.2) is 54.6 Å². The summed E-state index contributed by atoms with van der Waals surface area (Å²) in [5, 5.41) is 11.1. The van der Waals surface area contributed by atoms with Crippen LogP contribution < -0.4 is 11.1 Å². The topological polar surface area (TPSA) is 105 Å². The van der Waals surface area contributed by atoms with Crippen molar-refractivity contribution in [1.82, 2.24) is 0 Å². The number of esters is 1. The molecule has 6 nitrogen and oxygen atoms in total. The van der Waals surface area contributed by atoms with E-state index in [2.05, 4.69) is 21.9 Å². The van der Waals surface area contributed by atoms with Gasteiger partial charge in [-0.1, -0.05) is 29.5 Å². The zero-order chi connectivity index (χ0) is 28.5. The summed E-state index contributed by atoms with van der Waals surface area (Å²) in [6.07, 6.45) is -4.44. The highest BCUT2D eigenvalue weighted by Crippen LogP contribution is 2.33. The van der Waals surface area contributed by atoms with Crippen molar-refractivity contribution < 1.29 is 31.9 Å². The lowest BCUT2D eigenvalue weighted by molar-refractivity contribution is -0.137. The highest BCUT2D eigenvalue weighted by molar-refractivity contribution is 6.33. The Kier molecular flexibility index (Phi) is 10.6. The number of nitrogens with one attached hydrogen (secondary N) is 2. The number of carbonyl (C=O) groups is 2. The average molecular weight is 548 g/mol. The number of methoxy groups -OCH3 is 1. The Balaban J connectivity index is 0.000000328. The fourth-order valence-corrected chi connectivity index (χ4v) is 3.43. The summed E-state index contributed by atoms with van der Waals surface area (Å²) in [5.41, 5.74) is 5.93. The van der Waals surface area contributed by atoms with E-state index < -0.39 is 29.1 Å². The van der Waals surface area contributed by atoms with Crippen molar-refractivity contribution in [2.24, 2.45) is 5.73 Å². The second kappa shape index (κ2) is 13.4. The predicted molar refractivity (Wildman–Crippen MR) is 137 cm³/mol. The van der Waals surface area contributed by atoms with Gasteiger partial charge >= 0.3 is 12.1 Å². The van der Waals surface area contributed by atoms with Crippen molar-refractivity contribution in [3.8, 4) is 11.8 Å². The van der Waals surface area contributed by atoms with Crippen LogP contribution in [0.1, 0.15) is 43.0 Å². The van der Waals surface area contributed by atoms with E-state index in [0.717, 1.165) is 23.8 Å². The largest absolute Gasteiger partial charge is 0.465 e. The molecule has 198 valence electrons. The first kappa shape index (κ1) is 30.0. The van der Waals surface area contributed by atoms with Crippen LogP contribution in [0.5, 0.6) is 0 Å². The number of anilines is 1. The number of aldehydes is 1. The molecule has 0 atom stereocenters. The average Bonchev–Trinajstić information content (AvgIpc) is 2.90. The van der Waals surface area contributed by atoms with Gasteiger partial charge in [0.1, 0.15) is 5.82 Å². The first-order valence-corrected chi connectivity index (χ1v) is 11.1. The van der Waals surface area contributed by atoms with Gasteiger partial charge in [-0.25, -0.2) is 9.18 Å². The van der Waals surface area contributed by atoms with Crippen LogP contribution in [0.2, 0.25) is 5.02 Å². The zero-order valence-corrected chi connectivity index (χ0v) is 20.9. The number of rotatable bonds is 5. The van der Waals surface area contributed by atoms with Gasteiger partial charge in [-0.05, 0) is 48.5 Å². The summed E-state index contributed by atoms with van der Waals surface area (Å²) in [4.78, 5) is 21.8. The summed E-state index contributed by atoms with van der Waals surface area (Å²) in [5.74, 6) is 4.38. The van der Waals surface area contributed by atoms with E-state index in [-0.39, 0.29) is 34.7 Å². The molecule has 0 saturated heterocycles. The smallest absolute Gasteiger partial charge is 0.417 e. The molecule has 0 amide bonds. The molecule has 3 rings (SSSR count). The number of hydrogen-bond acceptors (Lipinski definition) is 6. The summed E-state index contributed by atoms with van der Waals surface area (Å²) in [6.45, 7) is 0.254. The molecule has 0 bridgehead atoms. The highest BCUT2D eigenvalue weighted by atomic mass is 35.5. The normalized spacial score (nSPS) is 10.3. The van der Waals surface area contributed by atoms with Gasteiger partial charge in [0.2, 0.25) is 0 Å². The molecule has 0 aliphatic heterocycles. The lowest BCUT2D eigenvalue weighted by Gasteiger charge is -2.12. The molecular formula is C27H22ClF4N3O3. The molecule has 0 aliphatic carbocycles. The van der Waals surface area contributed by atoms with Crippen molar-refractivity contribution in [1.29, 1.82) is 5.41 Å².